The van der Waals surface area contributed by atoms with Crippen molar-refractivity contribution in [3.8, 4) is 0 Å². The van der Waals surface area contributed by atoms with Crippen molar-refractivity contribution in [3.05, 3.63) is 53.9 Å². The van der Waals surface area contributed by atoms with Gasteiger partial charge < -0.3 is 15.1 Å². The summed E-state index contributed by atoms with van der Waals surface area (Å²) in [6.07, 6.45) is -0.0253. The average Bonchev–Trinajstić information content (AvgIpc) is 3.37. The van der Waals surface area contributed by atoms with E-state index in [1.54, 1.807) is 0 Å². The molecule has 166 valence electrons. The normalized spacial score (nSPS) is 21.6. The minimum atomic E-state index is -4.42. The number of rotatable bonds is 5. The number of likely N-dealkylation sites (tertiary alicyclic amines) is 1. The molecule has 31 heavy (non-hydrogen) atoms. The minimum Gasteiger partial charge on any atom is -0.375 e. The van der Waals surface area contributed by atoms with E-state index < -0.39 is 11.7 Å². The van der Waals surface area contributed by atoms with Crippen molar-refractivity contribution >= 4 is 17.5 Å². The lowest BCUT2D eigenvalue weighted by molar-refractivity contribution is -0.137. The summed E-state index contributed by atoms with van der Waals surface area (Å²) in [5.41, 5.74) is 1.46. The molecule has 2 aromatic rings. The molecule has 2 unspecified atom stereocenters. The van der Waals surface area contributed by atoms with Gasteiger partial charge in [-0.2, -0.15) is 13.2 Å². The molecule has 0 saturated carbocycles. The van der Waals surface area contributed by atoms with Gasteiger partial charge >= 0.3 is 6.18 Å². The Bertz CT molecular complexity index is 958. The number of aromatic nitrogens is 2. The monoisotopic (exact) mass is 431 g/mol. The summed E-state index contributed by atoms with van der Waals surface area (Å²) in [6.45, 7) is 11.0. The second-order valence-corrected chi connectivity index (χ2v) is 8.55. The van der Waals surface area contributed by atoms with Crippen LogP contribution in [-0.4, -0.2) is 40.5 Å². The molecule has 2 atom stereocenters. The van der Waals surface area contributed by atoms with Crippen LogP contribution in [0.4, 0.5) is 30.6 Å². The Hall–Kier alpha value is -2.77. The minimum absolute atomic E-state index is 0.134. The molecular formula is C23H28F3N5. The SMILES string of the molecule is C=C(C)N1CCC(c2cc(Nc3cc(C(F)(F)F)ccn3)nc(N3CCCC3C)c2)C1. The first-order valence-corrected chi connectivity index (χ1v) is 10.7. The molecule has 8 heteroatoms. The fraction of sp³-hybridized carbons (Fsp3) is 0.478. The van der Waals surface area contributed by atoms with E-state index in [0.29, 0.717) is 17.8 Å². The zero-order chi connectivity index (χ0) is 22.2. The molecule has 5 nitrogen and oxygen atoms in total. The molecule has 2 aliphatic rings. The summed E-state index contributed by atoms with van der Waals surface area (Å²) in [5, 5.41) is 3.01. The van der Waals surface area contributed by atoms with Crippen LogP contribution in [0.3, 0.4) is 0 Å². The standard InChI is InChI=1S/C23H28F3N5/c1-15(2)30-10-7-17(14-30)18-11-21(29-22(12-18)31-9-4-5-16(31)3)28-20-13-19(6-8-27-20)23(24,25)26/h6,8,11-13,16-17H,1,4-5,7,9-10,14H2,2-3H3,(H,27,28,29). The average molecular weight is 432 g/mol. The number of hydrogen-bond acceptors (Lipinski definition) is 5. The zero-order valence-corrected chi connectivity index (χ0v) is 17.9. The smallest absolute Gasteiger partial charge is 0.375 e. The highest BCUT2D eigenvalue weighted by atomic mass is 19.4. The zero-order valence-electron chi connectivity index (χ0n) is 17.9. The highest BCUT2D eigenvalue weighted by Crippen LogP contribution is 2.35. The molecule has 0 bridgehead atoms. The lowest BCUT2D eigenvalue weighted by Crippen LogP contribution is -2.27. The van der Waals surface area contributed by atoms with Crippen LogP contribution < -0.4 is 10.2 Å². The van der Waals surface area contributed by atoms with E-state index in [0.717, 1.165) is 68.1 Å². The number of anilines is 3. The predicted octanol–water partition coefficient (Wildman–Crippen LogP) is 5.55. The summed E-state index contributed by atoms with van der Waals surface area (Å²) in [4.78, 5) is 13.4. The van der Waals surface area contributed by atoms with E-state index in [9.17, 15) is 13.2 Å². The first kappa shape index (κ1) is 21.5. The van der Waals surface area contributed by atoms with Crippen LogP contribution in [0.2, 0.25) is 0 Å². The number of hydrogen-bond donors (Lipinski definition) is 1. The van der Waals surface area contributed by atoms with Gasteiger partial charge in [-0.25, -0.2) is 9.97 Å². The number of nitrogens with zero attached hydrogens (tertiary/aromatic N) is 4. The lowest BCUT2D eigenvalue weighted by atomic mass is 9.99. The van der Waals surface area contributed by atoms with E-state index in [1.807, 2.05) is 13.0 Å². The summed E-state index contributed by atoms with van der Waals surface area (Å²) in [5.74, 6) is 1.85. The van der Waals surface area contributed by atoms with Gasteiger partial charge in [0.15, 0.2) is 0 Å². The fourth-order valence-corrected chi connectivity index (χ4v) is 4.44. The third-order valence-electron chi connectivity index (χ3n) is 6.22. The van der Waals surface area contributed by atoms with Crippen LogP contribution in [-0.2, 0) is 6.18 Å². The van der Waals surface area contributed by atoms with Gasteiger partial charge in [-0.05, 0) is 62.9 Å². The molecule has 0 aliphatic carbocycles. The molecule has 0 amide bonds. The predicted molar refractivity (Wildman–Crippen MR) is 117 cm³/mol. The van der Waals surface area contributed by atoms with Gasteiger partial charge in [0.2, 0.25) is 0 Å². The van der Waals surface area contributed by atoms with Crippen molar-refractivity contribution in [2.75, 3.05) is 29.9 Å². The number of pyridine rings is 2. The third-order valence-corrected chi connectivity index (χ3v) is 6.22. The first-order chi connectivity index (χ1) is 14.7. The second kappa shape index (κ2) is 8.40. The summed E-state index contributed by atoms with van der Waals surface area (Å²) >= 11 is 0. The van der Waals surface area contributed by atoms with E-state index >= 15 is 0 Å². The summed E-state index contributed by atoms with van der Waals surface area (Å²) in [6, 6.07) is 6.46. The Kier molecular flexibility index (Phi) is 5.81. The Morgan fingerprint density at radius 3 is 2.61 bits per heavy atom. The molecule has 2 aromatic heterocycles. The Labute approximate surface area is 181 Å². The van der Waals surface area contributed by atoms with Gasteiger partial charge in [0.25, 0.3) is 0 Å². The maximum Gasteiger partial charge on any atom is 0.416 e. The van der Waals surface area contributed by atoms with Crippen molar-refractivity contribution in [2.24, 2.45) is 0 Å². The molecule has 1 N–H and O–H groups in total. The van der Waals surface area contributed by atoms with Crippen LogP contribution >= 0.6 is 0 Å². The Morgan fingerprint density at radius 1 is 1.16 bits per heavy atom. The van der Waals surface area contributed by atoms with E-state index in [2.05, 4.69) is 39.7 Å². The molecule has 4 rings (SSSR count). The van der Waals surface area contributed by atoms with E-state index in [-0.39, 0.29) is 5.82 Å². The third kappa shape index (κ3) is 4.78. The molecule has 0 aromatic carbocycles. The van der Waals surface area contributed by atoms with Crippen molar-refractivity contribution in [1.82, 2.24) is 14.9 Å². The highest BCUT2D eigenvalue weighted by molar-refractivity contribution is 5.59. The largest absolute Gasteiger partial charge is 0.416 e. The van der Waals surface area contributed by atoms with Gasteiger partial charge in [0, 0.05) is 43.5 Å². The van der Waals surface area contributed by atoms with Crippen molar-refractivity contribution in [3.63, 3.8) is 0 Å². The Balaban J connectivity index is 1.66. The number of nitrogens with one attached hydrogen (secondary N) is 1. The van der Waals surface area contributed by atoms with Crippen LogP contribution in [0.1, 0.15) is 50.2 Å². The van der Waals surface area contributed by atoms with E-state index in [4.69, 9.17) is 4.98 Å². The van der Waals surface area contributed by atoms with Gasteiger partial charge in [-0.1, -0.05) is 6.58 Å². The van der Waals surface area contributed by atoms with Gasteiger partial charge in [0.1, 0.15) is 17.5 Å². The van der Waals surface area contributed by atoms with Gasteiger partial charge in [-0.3, -0.25) is 0 Å². The van der Waals surface area contributed by atoms with Crippen LogP contribution in [0.5, 0.6) is 0 Å². The quantitative estimate of drug-likeness (QED) is 0.672. The second-order valence-electron chi connectivity index (χ2n) is 8.55. The maximum absolute atomic E-state index is 13.1. The van der Waals surface area contributed by atoms with Crippen molar-refractivity contribution in [1.29, 1.82) is 0 Å². The summed E-state index contributed by atoms with van der Waals surface area (Å²) in [7, 11) is 0. The highest BCUT2D eigenvalue weighted by Gasteiger charge is 2.31. The van der Waals surface area contributed by atoms with Gasteiger partial charge in [-0.15, -0.1) is 0 Å². The van der Waals surface area contributed by atoms with E-state index in [1.165, 1.54) is 6.20 Å². The molecule has 2 fully saturated rings. The van der Waals surface area contributed by atoms with Crippen molar-refractivity contribution in [2.45, 2.75) is 51.2 Å². The molecule has 2 aliphatic heterocycles. The topological polar surface area (TPSA) is 44.3 Å². The molecule has 2 saturated heterocycles. The van der Waals surface area contributed by atoms with Crippen LogP contribution in [0, 0.1) is 0 Å². The van der Waals surface area contributed by atoms with Crippen LogP contribution in [0.15, 0.2) is 42.7 Å². The molecule has 0 spiro atoms. The number of halogens is 3. The first-order valence-electron chi connectivity index (χ1n) is 10.7. The lowest BCUT2D eigenvalue weighted by Gasteiger charge is -2.25. The molecule has 4 heterocycles. The number of alkyl halides is 3. The summed E-state index contributed by atoms with van der Waals surface area (Å²) < 4.78 is 39.3. The fourth-order valence-electron chi connectivity index (χ4n) is 4.44. The van der Waals surface area contributed by atoms with Gasteiger partial charge in [0.05, 0.1) is 5.56 Å². The molecule has 0 radical (unpaired) electrons. The molecular weight excluding hydrogens is 403 g/mol. The van der Waals surface area contributed by atoms with Crippen molar-refractivity contribution < 1.29 is 13.2 Å². The Morgan fingerprint density at radius 2 is 1.97 bits per heavy atom. The van der Waals surface area contributed by atoms with Crippen LogP contribution in [0.25, 0.3) is 0 Å². The maximum atomic E-state index is 13.1. The number of allylic oxidation sites excluding steroid dienone is 1.